The van der Waals surface area contributed by atoms with Gasteiger partial charge in [0.05, 0.1) is 0 Å². The van der Waals surface area contributed by atoms with Crippen LogP contribution in [-0.4, -0.2) is 10.9 Å². The molecule has 0 amide bonds. The van der Waals surface area contributed by atoms with Gasteiger partial charge in [-0.15, -0.1) is 0 Å². The third-order valence-corrected chi connectivity index (χ3v) is 4.48. The highest BCUT2D eigenvalue weighted by molar-refractivity contribution is 6.03. The zero-order valence-corrected chi connectivity index (χ0v) is 10.3. The molecule has 90 valence electrons. The Hall–Kier alpha value is -1.31. The minimum atomic E-state index is 0.0498. The van der Waals surface area contributed by atoms with Crippen molar-refractivity contribution in [2.45, 2.75) is 50.9 Å². The van der Waals surface area contributed by atoms with E-state index < -0.39 is 0 Å². The highest BCUT2D eigenvalue weighted by atomic mass is 16.3. The maximum Gasteiger partial charge on any atom is 0.164 e. The smallest absolute Gasteiger partial charge is 0.164 e. The molecule has 2 heteroatoms. The molecule has 17 heavy (non-hydrogen) atoms. The fourth-order valence-corrected chi connectivity index (χ4v) is 3.72. The van der Waals surface area contributed by atoms with E-state index in [1.54, 1.807) is 6.07 Å². The summed E-state index contributed by atoms with van der Waals surface area (Å²) in [6.45, 7) is 1.93. The maximum absolute atomic E-state index is 12.2. The summed E-state index contributed by atoms with van der Waals surface area (Å²) in [5, 5.41) is 9.77. The lowest BCUT2D eigenvalue weighted by atomic mass is 9.70. The van der Waals surface area contributed by atoms with Crippen molar-refractivity contribution < 1.29 is 9.90 Å². The minimum absolute atomic E-state index is 0.0498. The Labute approximate surface area is 102 Å². The fraction of sp³-hybridized carbons (Fsp3) is 0.533. The van der Waals surface area contributed by atoms with E-state index in [9.17, 15) is 9.90 Å². The minimum Gasteiger partial charge on any atom is -0.508 e. The summed E-state index contributed by atoms with van der Waals surface area (Å²) in [4.78, 5) is 12.2. The Morgan fingerprint density at radius 3 is 2.59 bits per heavy atom. The number of benzene rings is 1. The topological polar surface area (TPSA) is 37.3 Å². The van der Waals surface area contributed by atoms with Crippen LogP contribution in [0.4, 0.5) is 0 Å². The Bertz CT molecular complexity index is 482. The molecule has 1 aromatic rings. The van der Waals surface area contributed by atoms with E-state index in [0.717, 1.165) is 29.5 Å². The zero-order chi connectivity index (χ0) is 12.0. The molecule has 0 heterocycles. The highest BCUT2D eigenvalue weighted by Gasteiger charge is 2.44. The molecule has 1 saturated carbocycles. The first kappa shape index (κ1) is 10.8. The van der Waals surface area contributed by atoms with Crippen LogP contribution in [0.15, 0.2) is 12.1 Å². The maximum atomic E-state index is 12.2. The average Bonchev–Trinajstić information content (AvgIpc) is 2.53. The van der Waals surface area contributed by atoms with E-state index in [-0.39, 0.29) is 11.2 Å². The molecule has 3 rings (SSSR count). The lowest BCUT2D eigenvalue weighted by Crippen LogP contribution is -2.26. The number of fused-ring (bicyclic) bond motifs is 2. The SMILES string of the molecule is Cc1cc(O)cc2c1C(=O)CC21CCCCC1. The van der Waals surface area contributed by atoms with Crippen molar-refractivity contribution in [1.82, 2.24) is 0 Å². The van der Waals surface area contributed by atoms with Crippen molar-refractivity contribution in [2.24, 2.45) is 0 Å². The fourth-order valence-electron chi connectivity index (χ4n) is 3.72. The molecule has 0 unspecified atom stereocenters. The first-order valence-electron chi connectivity index (χ1n) is 6.50. The average molecular weight is 230 g/mol. The molecule has 1 fully saturated rings. The number of aryl methyl sites for hydroxylation is 1. The van der Waals surface area contributed by atoms with Crippen LogP contribution in [-0.2, 0) is 5.41 Å². The van der Waals surface area contributed by atoms with E-state index in [1.165, 1.54) is 19.3 Å². The summed E-state index contributed by atoms with van der Waals surface area (Å²) in [5.41, 5.74) is 3.01. The summed E-state index contributed by atoms with van der Waals surface area (Å²) in [6.07, 6.45) is 6.57. The lowest BCUT2D eigenvalue weighted by molar-refractivity contribution is 0.0961. The number of ketones is 1. The van der Waals surface area contributed by atoms with Crippen molar-refractivity contribution in [3.63, 3.8) is 0 Å². The Balaban J connectivity index is 2.18. The summed E-state index contributed by atoms with van der Waals surface area (Å²) < 4.78 is 0. The van der Waals surface area contributed by atoms with Crippen LogP contribution in [0.3, 0.4) is 0 Å². The van der Waals surface area contributed by atoms with Crippen molar-refractivity contribution in [1.29, 1.82) is 0 Å². The summed E-state index contributed by atoms with van der Waals surface area (Å²) in [7, 11) is 0. The second-order valence-electron chi connectivity index (χ2n) is 5.63. The predicted octanol–water partition coefficient (Wildman–Crippen LogP) is 3.49. The van der Waals surface area contributed by atoms with Gasteiger partial charge in [-0.3, -0.25) is 4.79 Å². The van der Waals surface area contributed by atoms with Gasteiger partial charge in [0.25, 0.3) is 0 Å². The van der Waals surface area contributed by atoms with E-state index >= 15 is 0 Å². The van der Waals surface area contributed by atoms with Gasteiger partial charge in [-0.05, 0) is 43.0 Å². The molecule has 0 bridgehead atoms. The van der Waals surface area contributed by atoms with E-state index in [0.29, 0.717) is 12.2 Å². The van der Waals surface area contributed by atoms with E-state index in [1.807, 2.05) is 13.0 Å². The van der Waals surface area contributed by atoms with Crippen molar-refractivity contribution >= 4 is 5.78 Å². The Kier molecular flexibility index (Phi) is 2.29. The number of carbonyl (C=O) groups is 1. The van der Waals surface area contributed by atoms with Gasteiger partial charge in [0.15, 0.2) is 5.78 Å². The van der Waals surface area contributed by atoms with Crippen LogP contribution in [0.5, 0.6) is 5.75 Å². The number of carbonyl (C=O) groups excluding carboxylic acids is 1. The Morgan fingerprint density at radius 1 is 1.18 bits per heavy atom. The summed E-state index contributed by atoms with van der Waals surface area (Å²) in [5.74, 6) is 0.584. The third-order valence-electron chi connectivity index (χ3n) is 4.48. The quantitative estimate of drug-likeness (QED) is 0.740. The number of Topliss-reactive ketones (excluding diaryl/α,β-unsaturated/α-hetero) is 1. The molecular formula is C15H18O2. The molecule has 1 aromatic carbocycles. The molecule has 0 atom stereocenters. The molecule has 2 aliphatic carbocycles. The molecule has 2 aliphatic rings. The van der Waals surface area contributed by atoms with Gasteiger partial charge in [0.1, 0.15) is 5.75 Å². The molecule has 0 aromatic heterocycles. The number of phenols is 1. The first-order valence-corrected chi connectivity index (χ1v) is 6.50. The molecular weight excluding hydrogens is 212 g/mol. The van der Waals surface area contributed by atoms with Gasteiger partial charge in [0.2, 0.25) is 0 Å². The van der Waals surface area contributed by atoms with Gasteiger partial charge in [-0.2, -0.15) is 0 Å². The highest BCUT2D eigenvalue weighted by Crippen LogP contribution is 2.50. The van der Waals surface area contributed by atoms with Crippen molar-refractivity contribution in [3.05, 3.63) is 28.8 Å². The molecule has 1 N–H and O–H groups in total. The number of phenolic OH excluding ortho intramolecular Hbond substituents is 1. The monoisotopic (exact) mass is 230 g/mol. The summed E-state index contributed by atoms with van der Waals surface area (Å²) in [6, 6.07) is 3.54. The van der Waals surface area contributed by atoms with Crippen molar-refractivity contribution in [2.75, 3.05) is 0 Å². The zero-order valence-electron chi connectivity index (χ0n) is 10.3. The second kappa shape index (κ2) is 3.59. The molecule has 0 aliphatic heterocycles. The van der Waals surface area contributed by atoms with Gasteiger partial charge in [0, 0.05) is 17.4 Å². The molecule has 0 radical (unpaired) electrons. The normalized spacial score (nSPS) is 21.8. The molecule has 1 spiro atoms. The molecule has 0 saturated heterocycles. The van der Waals surface area contributed by atoms with Crippen molar-refractivity contribution in [3.8, 4) is 5.75 Å². The summed E-state index contributed by atoms with van der Waals surface area (Å²) >= 11 is 0. The number of aromatic hydroxyl groups is 1. The number of hydrogen-bond donors (Lipinski definition) is 1. The largest absolute Gasteiger partial charge is 0.508 e. The molecule has 2 nitrogen and oxygen atoms in total. The van der Waals surface area contributed by atoms with Gasteiger partial charge >= 0.3 is 0 Å². The standard InChI is InChI=1S/C15H18O2/c1-10-7-11(16)8-12-14(10)13(17)9-15(12)5-3-2-4-6-15/h7-8,16H,2-6,9H2,1H3. The van der Waals surface area contributed by atoms with Crippen LogP contribution in [0.25, 0.3) is 0 Å². The van der Waals surface area contributed by atoms with E-state index in [2.05, 4.69) is 0 Å². The lowest BCUT2D eigenvalue weighted by Gasteiger charge is -2.33. The van der Waals surface area contributed by atoms with Gasteiger partial charge in [-0.1, -0.05) is 19.3 Å². The third kappa shape index (κ3) is 1.50. The van der Waals surface area contributed by atoms with Crippen LogP contribution in [0.1, 0.15) is 60.0 Å². The van der Waals surface area contributed by atoms with Crippen LogP contribution < -0.4 is 0 Å². The van der Waals surface area contributed by atoms with Crippen LogP contribution in [0.2, 0.25) is 0 Å². The van der Waals surface area contributed by atoms with Gasteiger partial charge < -0.3 is 5.11 Å². The van der Waals surface area contributed by atoms with Crippen LogP contribution in [0, 0.1) is 6.92 Å². The predicted molar refractivity (Wildman–Crippen MR) is 66.6 cm³/mol. The first-order chi connectivity index (χ1) is 8.12. The van der Waals surface area contributed by atoms with Crippen LogP contribution >= 0.6 is 0 Å². The number of rotatable bonds is 0. The Morgan fingerprint density at radius 2 is 1.88 bits per heavy atom. The number of hydrogen-bond acceptors (Lipinski definition) is 2. The van der Waals surface area contributed by atoms with E-state index in [4.69, 9.17) is 0 Å². The van der Waals surface area contributed by atoms with Gasteiger partial charge in [-0.25, -0.2) is 0 Å². The second-order valence-corrected chi connectivity index (χ2v) is 5.63.